The molecular formula is C15H16N4O2. The van der Waals surface area contributed by atoms with Crippen molar-refractivity contribution in [2.45, 2.75) is 13.0 Å². The van der Waals surface area contributed by atoms with Gasteiger partial charge in [0.1, 0.15) is 6.34 Å². The lowest BCUT2D eigenvalue weighted by Crippen LogP contribution is -2.21. The lowest BCUT2D eigenvalue weighted by Gasteiger charge is -2.14. The van der Waals surface area contributed by atoms with Gasteiger partial charge in [0.2, 0.25) is 0 Å². The summed E-state index contributed by atoms with van der Waals surface area (Å²) in [7, 11) is 3.26. The summed E-state index contributed by atoms with van der Waals surface area (Å²) in [4.78, 5) is 12.5. The van der Waals surface area contributed by atoms with Gasteiger partial charge >= 0.3 is 0 Å². The second kappa shape index (κ2) is 5.78. The van der Waals surface area contributed by atoms with E-state index in [0.717, 1.165) is 34.9 Å². The number of nitrogens with one attached hydrogen (secondary N) is 1. The maximum atomic E-state index is 5.30. The molecule has 0 amide bonds. The first-order valence-electron chi connectivity index (χ1n) is 6.61. The van der Waals surface area contributed by atoms with Crippen LogP contribution in [-0.4, -0.2) is 32.1 Å². The third-order valence-corrected chi connectivity index (χ3v) is 3.32. The lowest BCUT2D eigenvalue weighted by atomic mass is 10.1. The molecule has 1 aromatic rings. The normalized spacial score (nSPS) is 15.8. The van der Waals surface area contributed by atoms with Crippen molar-refractivity contribution in [1.29, 1.82) is 0 Å². The number of rotatable bonds is 5. The number of fused-ring (bicyclic) bond motifs is 1. The van der Waals surface area contributed by atoms with Gasteiger partial charge < -0.3 is 14.8 Å². The van der Waals surface area contributed by atoms with E-state index < -0.39 is 0 Å². The number of nitrogens with zero attached hydrogens (tertiary/aromatic N) is 3. The van der Waals surface area contributed by atoms with Crippen LogP contribution >= 0.6 is 0 Å². The van der Waals surface area contributed by atoms with E-state index in [1.54, 1.807) is 26.8 Å². The molecular weight excluding hydrogens is 268 g/mol. The smallest absolute Gasteiger partial charge is 0.175 e. The molecule has 0 saturated heterocycles. The SMILES string of the molecule is COc1ccc(CNC2=CN=C3N=CN=C3C2)cc1OC. The molecule has 3 rings (SSSR count). The maximum absolute atomic E-state index is 5.30. The van der Waals surface area contributed by atoms with Gasteiger partial charge in [-0.1, -0.05) is 6.07 Å². The summed E-state index contributed by atoms with van der Waals surface area (Å²) in [5.74, 6) is 2.17. The highest BCUT2D eigenvalue weighted by Crippen LogP contribution is 2.27. The second-order valence-electron chi connectivity index (χ2n) is 4.65. The molecule has 1 N–H and O–H groups in total. The lowest BCUT2D eigenvalue weighted by molar-refractivity contribution is 0.354. The Balaban J connectivity index is 1.66. The molecule has 21 heavy (non-hydrogen) atoms. The Bertz CT molecular complexity index is 674. The van der Waals surface area contributed by atoms with Gasteiger partial charge in [0, 0.05) is 24.9 Å². The van der Waals surface area contributed by atoms with Crippen molar-refractivity contribution in [3.63, 3.8) is 0 Å². The third kappa shape index (κ3) is 2.79. The molecule has 2 heterocycles. The van der Waals surface area contributed by atoms with E-state index in [4.69, 9.17) is 9.47 Å². The molecule has 0 bridgehead atoms. The molecule has 1 aromatic carbocycles. The monoisotopic (exact) mass is 284 g/mol. The molecule has 0 fully saturated rings. The quantitative estimate of drug-likeness (QED) is 0.898. The number of hydrogen-bond acceptors (Lipinski definition) is 6. The molecule has 0 radical (unpaired) electrons. The summed E-state index contributed by atoms with van der Waals surface area (Å²) in [5, 5.41) is 3.36. The minimum absolute atomic E-state index is 0.686. The van der Waals surface area contributed by atoms with Crippen LogP contribution in [0, 0.1) is 0 Å². The second-order valence-corrected chi connectivity index (χ2v) is 4.65. The minimum Gasteiger partial charge on any atom is -0.493 e. The Morgan fingerprint density at radius 2 is 2.00 bits per heavy atom. The number of amidine groups is 1. The summed E-state index contributed by atoms with van der Waals surface area (Å²) < 4.78 is 10.5. The molecule has 0 aliphatic carbocycles. The van der Waals surface area contributed by atoms with Crippen LogP contribution in [0.1, 0.15) is 12.0 Å². The zero-order chi connectivity index (χ0) is 14.7. The predicted octanol–water partition coefficient (Wildman–Crippen LogP) is 1.92. The van der Waals surface area contributed by atoms with Crippen LogP contribution in [0.2, 0.25) is 0 Å². The Hall–Kier alpha value is -2.63. The van der Waals surface area contributed by atoms with E-state index in [2.05, 4.69) is 20.3 Å². The standard InChI is InChI=1S/C15H16N4O2/c1-20-13-4-3-10(5-14(13)21-2)7-16-11-6-12-15(17-8-11)19-9-18-12/h3-5,8-9,16H,6-7H2,1-2H3. The van der Waals surface area contributed by atoms with Crippen LogP contribution in [0.3, 0.4) is 0 Å². The van der Waals surface area contributed by atoms with Crippen molar-refractivity contribution in [2.75, 3.05) is 14.2 Å². The molecule has 6 nitrogen and oxygen atoms in total. The Labute approximate surface area is 122 Å². The number of ether oxygens (including phenoxy) is 2. The molecule has 2 aliphatic heterocycles. The van der Waals surface area contributed by atoms with Gasteiger partial charge in [-0.2, -0.15) is 0 Å². The minimum atomic E-state index is 0.686. The van der Waals surface area contributed by atoms with E-state index in [1.165, 1.54) is 0 Å². The van der Waals surface area contributed by atoms with Crippen LogP contribution in [-0.2, 0) is 6.54 Å². The number of methoxy groups -OCH3 is 2. The first-order chi connectivity index (χ1) is 10.3. The Kier molecular flexibility index (Phi) is 3.68. The fourth-order valence-corrected chi connectivity index (χ4v) is 2.20. The summed E-state index contributed by atoms with van der Waals surface area (Å²) in [6.07, 6.45) is 4.07. The highest BCUT2D eigenvalue weighted by molar-refractivity contribution is 6.47. The van der Waals surface area contributed by atoms with E-state index in [1.807, 2.05) is 18.2 Å². The molecule has 2 aliphatic rings. The van der Waals surface area contributed by atoms with Crippen LogP contribution in [0.4, 0.5) is 0 Å². The molecule has 0 saturated carbocycles. The largest absolute Gasteiger partial charge is 0.493 e. The summed E-state index contributed by atoms with van der Waals surface area (Å²) >= 11 is 0. The number of hydrogen-bond donors (Lipinski definition) is 1. The van der Waals surface area contributed by atoms with Crippen molar-refractivity contribution in [3.8, 4) is 11.5 Å². The predicted molar refractivity (Wildman–Crippen MR) is 82.4 cm³/mol. The molecule has 0 unspecified atom stereocenters. The third-order valence-electron chi connectivity index (χ3n) is 3.32. The molecule has 0 atom stereocenters. The van der Waals surface area contributed by atoms with Crippen molar-refractivity contribution in [1.82, 2.24) is 5.32 Å². The Morgan fingerprint density at radius 3 is 2.81 bits per heavy atom. The zero-order valence-corrected chi connectivity index (χ0v) is 12.0. The highest BCUT2D eigenvalue weighted by atomic mass is 16.5. The van der Waals surface area contributed by atoms with Gasteiger partial charge in [-0.15, -0.1) is 0 Å². The fourth-order valence-electron chi connectivity index (χ4n) is 2.20. The molecule has 0 spiro atoms. The molecule has 0 aromatic heterocycles. The first-order valence-corrected chi connectivity index (χ1v) is 6.61. The van der Waals surface area contributed by atoms with E-state index >= 15 is 0 Å². The van der Waals surface area contributed by atoms with Gasteiger partial charge in [-0.05, 0) is 17.7 Å². The average Bonchev–Trinajstić information content (AvgIpc) is 3.00. The first kappa shape index (κ1) is 13.4. The van der Waals surface area contributed by atoms with Crippen molar-refractivity contribution in [3.05, 3.63) is 35.7 Å². The van der Waals surface area contributed by atoms with Crippen LogP contribution in [0.5, 0.6) is 11.5 Å². The molecule has 108 valence electrons. The topological polar surface area (TPSA) is 67.6 Å². The van der Waals surface area contributed by atoms with Gasteiger partial charge in [0.25, 0.3) is 0 Å². The van der Waals surface area contributed by atoms with Crippen molar-refractivity contribution < 1.29 is 9.47 Å². The van der Waals surface area contributed by atoms with Crippen LogP contribution < -0.4 is 14.8 Å². The van der Waals surface area contributed by atoms with Crippen LogP contribution in [0.15, 0.2) is 45.1 Å². The van der Waals surface area contributed by atoms with Crippen molar-refractivity contribution in [2.24, 2.45) is 15.0 Å². The van der Waals surface area contributed by atoms with E-state index in [-0.39, 0.29) is 0 Å². The summed E-state index contributed by atoms with van der Waals surface area (Å²) in [6.45, 7) is 0.686. The van der Waals surface area contributed by atoms with Gasteiger partial charge in [-0.25, -0.2) is 15.0 Å². The molecule has 6 heteroatoms. The highest BCUT2D eigenvalue weighted by Gasteiger charge is 2.17. The number of benzene rings is 1. The fraction of sp³-hybridized carbons (Fsp3) is 0.267. The number of allylic oxidation sites excluding steroid dienone is 1. The van der Waals surface area contributed by atoms with Gasteiger partial charge in [0.05, 0.1) is 19.9 Å². The Morgan fingerprint density at radius 1 is 1.14 bits per heavy atom. The van der Waals surface area contributed by atoms with E-state index in [0.29, 0.717) is 12.4 Å². The number of aliphatic imine (C=N–C) groups is 3. The summed E-state index contributed by atoms with van der Waals surface area (Å²) in [5.41, 5.74) is 3.04. The zero-order valence-electron chi connectivity index (χ0n) is 12.0. The van der Waals surface area contributed by atoms with Gasteiger partial charge in [-0.3, -0.25) is 0 Å². The van der Waals surface area contributed by atoms with E-state index in [9.17, 15) is 0 Å². The van der Waals surface area contributed by atoms with Gasteiger partial charge in [0.15, 0.2) is 17.3 Å². The average molecular weight is 284 g/mol. The summed E-state index contributed by atoms with van der Waals surface area (Å²) in [6, 6.07) is 5.86. The van der Waals surface area contributed by atoms with Crippen molar-refractivity contribution >= 4 is 17.9 Å². The maximum Gasteiger partial charge on any atom is 0.175 e. The van der Waals surface area contributed by atoms with Crippen LogP contribution in [0.25, 0.3) is 0 Å².